The molecule has 2 aliphatic heterocycles. The third-order valence-corrected chi connectivity index (χ3v) is 5.71. The highest BCUT2D eigenvalue weighted by atomic mass is 16.5. The van der Waals surface area contributed by atoms with Crippen LogP contribution in [-0.2, 0) is 11.2 Å². The molecule has 2 aromatic rings. The van der Waals surface area contributed by atoms with Gasteiger partial charge in [0.2, 0.25) is 0 Å². The SMILES string of the molecule is O=C(c1ccc(C2CCOCC2)cc1)N1CCC(Cc2cn[nH]n2)CC1. The monoisotopic (exact) mass is 354 g/mol. The molecule has 4 rings (SSSR count). The third kappa shape index (κ3) is 3.96. The Labute approximate surface area is 153 Å². The lowest BCUT2D eigenvalue weighted by Gasteiger charge is -2.32. The highest BCUT2D eigenvalue weighted by Crippen LogP contribution is 2.27. The molecule has 6 heteroatoms. The van der Waals surface area contributed by atoms with Crippen molar-refractivity contribution in [3.05, 3.63) is 47.3 Å². The van der Waals surface area contributed by atoms with Crippen LogP contribution in [0.1, 0.15) is 53.2 Å². The average Bonchev–Trinajstić information content (AvgIpc) is 3.22. The molecule has 138 valence electrons. The number of benzene rings is 1. The summed E-state index contributed by atoms with van der Waals surface area (Å²) in [5.74, 6) is 1.31. The van der Waals surface area contributed by atoms with Crippen molar-refractivity contribution in [3.63, 3.8) is 0 Å². The molecule has 2 saturated heterocycles. The summed E-state index contributed by atoms with van der Waals surface area (Å²) in [6, 6.07) is 8.24. The smallest absolute Gasteiger partial charge is 0.253 e. The van der Waals surface area contributed by atoms with E-state index in [1.807, 2.05) is 17.0 Å². The van der Waals surface area contributed by atoms with E-state index in [-0.39, 0.29) is 5.91 Å². The van der Waals surface area contributed by atoms with E-state index in [4.69, 9.17) is 4.74 Å². The van der Waals surface area contributed by atoms with Gasteiger partial charge in [-0.2, -0.15) is 15.4 Å². The van der Waals surface area contributed by atoms with Crippen LogP contribution in [0.25, 0.3) is 0 Å². The highest BCUT2D eigenvalue weighted by Gasteiger charge is 2.24. The number of nitrogens with one attached hydrogen (secondary N) is 1. The lowest BCUT2D eigenvalue weighted by molar-refractivity contribution is 0.0690. The fraction of sp³-hybridized carbons (Fsp3) is 0.550. The van der Waals surface area contributed by atoms with Gasteiger partial charge in [0.1, 0.15) is 0 Å². The molecule has 2 fully saturated rings. The minimum atomic E-state index is 0.156. The van der Waals surface area contributed by atoms with Crippen molar-refractivity contribution in [2.45, 2.75) is 38.0 Å². The molecule has 0 atom stereocenters. The Hall–Kier alpha value is -2.21. The lowest BCUT2D eigenvalue weighted by atomic mass is 9.90. The maximum Gasteiger partial charge on any atom is 0.253 e. The van der Waals surface area contributed by atoms with Crippen LogP contribution in [0.15, 0.2) is 30.5 Å². The summed E-state index contributed by atoms with van der Waals surface area (Å²) in [6.45, 7) is 3.33. The first-order chi connectivity index (χ1) is 12.8. The van der Waals surface area contributed by atoms with Crippen LogP contribution in [0.4, 0.5) is 0 Å². The molecule has 3 heterocycles. The summed E-state index contributed by atoms with van der Waals surface area (Å²) in [5, 5.41) is 10.7. The number of carbonyl (C=O) groups is 1. The number of carbonyl (C=O) groups excluding carboxylic acids is 1. The third-order valence-electron chi connectivity index (χ3n) is 5.71. The average molecular weight is 354 g/mol. The second-order valence-corrected chi connectivity index (χ2v) is 7.41. The summed E-state index contributed by atoms with van der Waals surface area (Å²) < 4.78 is 5.43. The molecule has 0 spiro atoms. The minimum absolute atomic E-state index is 0.156. The van der Waals surface area contributed by atoms with Crippen molar-refractivity contribution in [1.82, 2.24) is 20.3 Å². The molecule has 26 heavy (non-hydrogen) atoms. The van der Waals surface area contributed by atoms with E-state index in [1.54, 1.807) is 6.20 Å². The van der Waals surface area contributed by atoms with E-state index in [0.717, 1.165) is 69.7 Å². The van der Waals surface area contributed by atoms with Crippen LogP contribution in [-0.4, -0.2) is 52.5 Å². The number of hydrogen-bond donors (Lipinski definition) is 1. The molecular weight excluding hydrogens is 328 g/mol. The second kappa shape index (κ2) is 7.99. The quantitative estimate of drug-likeness (QED) is 0.916. The zero-order valence-corrected chi connectivity index (χ0v) is 15.1. The maximum atomic E-state index is 12.8. The predicted octanol–water partition coefficient (Wildman–Crippen LogP) is 2.79. The van der Waals surface area contributed by atoms with Crippen molar-refractivity contribution < 1.29 is 9.53 Å². The van der Waals surface area contributed by atoms with Gasteiger partial charge in [-0.15, -0.1) is 0 Å². The summed E-state index contributed by atoms with van der Waals surface area (Å²) in [5.41, 5.74) is 3.14. The molecule has 0 bridgehead atoms. The number of amides is 1. The van der Waals surface area contributed by atoms with Crippen LogP contribution >= 0.6 is 0 Å². The van der Waals surface area contributed by atoms with Crippen LogP contribution in [0.3, 0.4) is 0 Å². The van der Waals surface area contributed by atoms with Crippen molar-refractivity contribution in [2.24, 2.45) is 5.92 Å². The zero-order valence-electron chi connectivity index (χ0n) is 15.1. The van der Waals surface area contributed by atoms with Crippen molar-refractivity contribution >= 4 is 5.91 Å². The number of aromatic nitrogens is 3. The molecule has 0 unspecified atom stereocenters. The predicted molar refractivity (Wildman–Crippen MR) is 98.0 cm³/mol. The van der Waals surface area contributed by atoms with Gasteiger partial charge >= 0.3 is 0 Å². The maximum absolute atomic E-state index is 12.8. The number of aromatic amines is 1. The number of H-pyrrole nitrogens is 1. The van der Waals surface area contributed by atoms with Gasteiger partial charge in [-0.1, -0.05) is 12.1 Å². The van der Waals surface area contributed by atoms with E-state index >= 15 is 0 Å². The number of nitrogens with zero attached hydrogens (tertiary/aromatic N) is 3. The fourth-order valence-corrected chi connectivity index (χ4v) is 4.07. The molecule has 0 radical (unpaired) electrons. The van der Waals surface area contributed by atoms with Crippen LogP contribution < -0.4 is 0 Å². The van der Waals surface area contributed by atoms with Gasteiger partial charge in [0.15, 0.2) is 0 Å². The number of rotatable bonds is 4. The summed E-state index contributed by atoms with van der Waals surface area (Å²) in [4.78, 5) is 14.8. The number of hydrogen-bond acceptors (Lipinski definition) is 4. The molecule has 1 aromatic carbocycles. The fourth-order valence-electron chi connectivity index (χ4n) is 4.07. The second-order valence-electron chi connectivity index (χ2n) is 7.41. The Kier molecular flexibility index (Phi) is 5.29. The van der Waals surface area contributed by atoms with E-state index in [0.29, 0.717) is 11.8 Å². The molecule has 2 aliphatic rings. The van der Waals surface area contributed by atoms with Gasteiger partial charge < -0.3 is 9.64 Å². The Bertz CT molecular complexity index is 700. The van der Waals surface area contributed by atoms with Gasteiger partial charge in [0.05, 0.1) is 11.9 Å². The first kappa shape index (κ1) is 17.2. The molecule has 1 aromatic heterocycles. The molecule has 1 amide bonds. The zero-order chi connectivity index (χ0) is 17.8. The van der Waals surface area contributed by atoms with Gasteiger partial charge in [-0.3, -0.25) is 4.79 Å². The van der Waals surface area contributed by atoms with Gasteiger partial charge in [-0.25, -0.2) is 0 Å². The summed E-state index contributed by atoms with van der Waals surface area (Å²) in [6.07, 6.45) is 6.94. The van der Waals surface area contributed by atoms with Gasteiger partial charge in [0.25, 0.3) is 5.91 Å². The van der Waals surface area contributed by atoms with Crippen LogP contribution in [0.5, 0.6) is 0 Å². The first-order valence-electron chi connectivity index (χ1n) is 9.61. The number of ether oxygens (including phenoxy) is 1. The van der Waals surface area contributed by atoms with Gasteiger partial charge in [-0.05, 0) is 61.6 Å². The van der Waals surface area contributed by atoms with E-state index < -0.39 is 0 Å². The topological polar surface area (TPSA) is 71.1 Å². The summed E-state index contributed by atoms with van der Waals surface area (Å²) >= 11 is 0. The van der Waals surface area contributed by atoms with E-state index in [1.165, 1.54) is 5.56 Å². The molecule has 0 aliphatic carbocycles. The standard InChI is InChI=1S/C20H26N4O2/c25-20(18-3-1-16(2-4-18)17-7-11-26-12-8-17)24-9-5-15(6-10-24)13-19-14-21-23-22-19/h1-4,14-15,17H,5-13H2,(H,21,22,23). The Morgan fingerprint density at radius 1 is 1.12 bits per heavy atom. The molecular formula is C20H26N4O2. The van der Waals surface area contributed by atoms with E-state index in [9.17, 15) is 4.79 Å². The van der Waals surface area contributed by atoms with Crippen LogP contribution in [0.2, 0.25) is 0 Å². The molecule has 6 nitrogen and oxygen atoms in total. The normalized spacial score (nSPS) is 19.6. The van der Waals surface area contributed by atoms with E-state index in [2.05, 4.69) is 27.5 Å². The lowest BCUT2D eigenvalue weighted by Crippen LogP contribution is -2.38. The number of piperidine rings is 1. The summed E-state index contributed by atoms with van der Waals surface area (Å²) in [7, 11) is 0. The largest absolute Gasteiger partial charge is 0.381 e. The molecule has 0 saturated carbocycles. The van der Waals surface area contributed by atoms with Crippen molar-refractivity contribution in [3.8, 4) is 0 Å². The van der Waals surface area contributed by atoms with Gasteiger partial charge in [0, 0.05) is 31.9 Å². The first-order valence-corrected chi connectivity index (χ1v) is 9.61. The van der Waals surface area contributed by atoms with Crippen molar-refractivity contribution in [2.75, 3.05) is 26.3 Å². The molecule has 1 N–H and O–H groups in total. The van der Waals surface area contributed by atoms with Crippen LogP contribution in [0, 0.1) is 5.92 Å². The minimum Gasteiger partial charge on any atom is -0.381 e. The Morgan fingerprint density at radius 3 is 2.50 bits per heavy atom. The Morgan fingerprint density at radius 2 is 1.85 bits per heavy atom. The Balaban J connectivity index is 1.31. The highest BCUT2D eigenvalue weighted by molar-refractivity contribution is 5.94. The van der Waals surface area contributed by atoms with Crippen molar-refractivity contribution in [1.29, 1.82) is 0 Å². The number of likely N-dealkylation sites (tertiary alicyclic amines) is 1.